The van der Waals surface area contributed by atoms with Crippen LogP contribution in [0.3, 0.4) is 0 Å². The zero-order valence-corrected chi connectivity index (χ0v) is 11.0. The first-order valence-corrected chi connectivity index (χ1v) is 6.53. The Bertz CT molecular complexity index is 577. The number of halogens is 2. The highest BCUT2D eigenvalue weighted by molar-refractivity contribution is 6.30. The van der Waals surface area contributed by atoms with Gasteiger partial charge in [0.25, 0.3) is 0 Å². The third-order valence-electron chi connectivity index (χ3n) is 3.17. The standard InChI is InChI=1S/C15H13ClFNO/c16-13-6-5-11(8-14(13)17)18-9-12-7-10-3-1-2-4-15(10)19-12/h1-6,8,12,18H,7,9H2. The Kier molecular flexibility index (Phi) is 3.30. The van der Waals surface area contributed by atoms with Crippen LogP contribution in [0.5, 0.6) is 5.75 Å². The van der Waals surface area contributed by atoms with E-state index in [9.17, 15) is 4.39 Å². The van der Waals surface area contributed by atoms with Gasteiger partial charge >= 0.3 is 0 Å². The maximum Gasteiger partial charge on any atom is 0.143 e. The maximum atomic E-state index is 13.3. The number of fused-ring (bicyclic) bond motifs is 1. The smallest absolute Gasteiger partial charge is 0.143 e. The Morgan fingerprint density at radius 2 is 2.11 bits per heavy atom. The Balaban J connectivity index is 1.61. The molecule has 4 heteroatoms. The summed E-state index contributed by atoms with van der Waals surface area (Å²) >= 11 is 5.64. The molecule has 0 aromatic heterocycles. The van der Waals surface area contributed by atoms with Gasteiger partial charge in [0.2, 0.25) is 0 Å². The van der Waals surface area contributed by atoms with E-state index in [-0.39, 0.29) is 11.1 Å². The molecular weight excluding hydrogens is 265 g/mol. The number of nitrogens with one attached hydrogen (secondary N) is 1. The number of benzene rings is 2. The molecule has 0 spiro atoms. The van der Waals surface area contributed by atoms with Crippen LogP contribution in [-0.4, -0.2) is 12.6 Å². The predicted molar refractivity (Wildman–Crippen MR) is 74.5 cm³/mol. The summed E-state index contributed by atoms with van der Waals surface area (Å²) in [5, 5.41) is 3.30. The number of hydrogen-bond acceptors (Lipinski definition) is 2. The topological polar surface area (TPSA) is 21.3 Å². The normalized spacial score (nSPS) is 16.8. The van der Waals surface area contributed by atoms with E-state index >= 15 is 0 Å². The number of para-hydroxylation sites is 1. The fourth-order valence-corrected chi connectivity index (χ4v) is 2.32. The van der Waals surface area contributed by atoms with Gasteiger partial charge in [-0.15, -0.1) is 0 Å². The lowest BCUT2D eigenvalue weighted by Gasteiger charge is -2.13. The molecule has 1 aliphatic heterocycles. The second kappa shape index (κ2) is 5.10. The first-order chi connectivity index (χ1) is 9.22. The predicted octanol–water partition coefficient (Wildman–Crippen LogP) is 3.89. The molecule has 1 aliphatic rings. The molecule has 2 aromatic rings. The molecule has 1 heterocycles. The number of hydrogen-bond donors (Lipinski definition) is 1. The van der Waals surface area contributed by atoms with Crippen molar-refractivity contribution in [3.05, 3.63) is 58.9 Å². The quantitative estimate of drug-likeness (QED) is 0.919. The van der Waals surface area contributed by atoms with Crippen LogP contribution in [0, 0.1) is 5.82 Å². The molecule has 0 saturated heterocycles. The van der Waals surface area contributed by atoms with Crippen molar-refractivity contribution in [2.45, 2.75) is 12.5 Å². The molecule has 3 rings (SSSR count). The summed E-state index contributed by atoms with van der Waals surface area (Å²) in [5.74, 6) is 0.527. The van der Waals surface area contributed by atoms with Gasteiger partial charge in [-0.2, -0.15) is 0 Å². The van der Waals surface area contributed by atoms with Crippen molar-refractivity contribution in [3.8, 4) is 5.75 Å². The molecule has 1 unspecified atom stereocenters. The third-order valence-corrected chi connectivity index (χ3v) is 3.47. The number of anilines is 1. The van der Waals surface area contributed by atoms with Crippen LogP contribution in [0.4, 0.5) is 10.1 Å². The van der Waals surface area contributed by atoms with E-state index in [1.807, 2.05) is 18.2 Å². The monoisotopic (exact) mass is 277 g/mol. The van der Waals surface area contributed by atoms with Crippen molar-refractivity contribution in [1.29, 1.82) is 0 Å². The molecule has 19 heavy (non-hydrogen) atoms. The molecule has 0 aliphatic carbocycles. The van der Waals surface area contributed by atoms with E-state index in [1.165, 1.54) is 11.6 Å². The summed E-state index contributed by atoms with van der Waals surface area (Å²) in [6.45, 7) is 0.635. The van der Waals surface area contributed by atoms with Gasteiger partial charge in [-0.05, 0) is 29.8 Å². The molecular formula is C15H13ClFNO. The molecule has 1 atom stereocenters. The highest BCUT2D eigenvalue weighted by atomic mass is 35.5. The number of ether oxygens (including phenoxy) is 1. The minimum absolute atomic E-state index is 0.0798. The molecule has 2 nitrogen and oxygen atoms in total. The van der Waals surface area contributed by atoms with E-state index in [0.717, 1.165) is 12.2 Å². The molecule has 0 radical (unpaired) electrons. The summed E-state index contributed by atoms with van der Waals surface area (Å²) in [7, 11) is 0. The SMILES string of the molecule is Fc1cc(NCC2Cc3ccccc3O2)ccc1Cl. The highest BCUT2D eigenvalue weighted by Crippen LogP contribution is 2.28. The molecule has 1 N–H and O–H groups in total. The first kappa shape index (κ1) is 12.3. The summed E-state index contributed by atoms with van der Waals surface area (Å²) in [6.07, 6.45) is 0.954. The van der Waals surface area contributed by atoms with Crippen LogP contribution in [0.15, 0.2) is 42.5 Å². The Morgan fingerprint density at radius 1 is 1.26 bits per heavy atom. The highest BCUT2D eigenvalue weighted by Gasteiger charge is 2.21. The zero-order chi connectivity index (χ0) is 13.2. The van der Waals surface area contributed by atoms with Gasteiger partial charge in [-0.25, -0.2) is 4.39 Å². The van der Waals surface area contributed by atoms with Crippen molar-refractivity contribution < 1.29 is 9.13 Å². The Morgan fingerprint density at radius 3 is 2.89 bits per heavy atom. The molecule has 0 amide bonds. The summed E-state index contributed by atoms with van der Waals surface area (Å²) < 4.78 is 19.1. The van der Waals surface area contributed by atoms with Crippen molar-refractivity contribution >= 4 is 17.3 Å². The second-order valence-corrected chi connectivity index (χ2v) is 4.97. The first-order valence-electron chi connectivity index (χ1n) is 6.16. The summed E-state index contributed by atoms with van der Waals surface area (Å²) in [4.78, 5) is 0. The minimum atomic E-state index is -0.415. The Hall–Kier alpha value is -1.74. The van der Waals surface area contributed by atoms with E-state index in [0.29, 0.717) is 12.2 Å². The van der Waals surface area contributed by atoms with E-state index in [2.05, 4.69) is 11.4 Å². The van der Waals surface area contributed by atoms with Gasteiger partial charge in [0.1, 0.15) is 17.7 Å². The van der Waals surface area contributed by atoms with Crippen LogP contribution in [0.2, 0.25) is 5.02 Å². The van der Waals surface area contributed by atoms with E-state index in [4.69, 9.17) is 16.3 Å². The number of rotatable bonds is 3. The largest absolute Gasteiger partial charge is 0.488 e. The molecule has 0 bridgehead atoms. The lowest BCUT2D eigenvalue weighted by atomic mass is 10.1. The van der Waals surface area contributed by atoms with Crippen LogP contribution < -0.4 is 10.1 Å². The summed E-state index contributed by atoms with van der Waals surface area (Å²) in [5.41, 5.74) is 1.93. The van der Waals surface area contributed by atoms with Crippen molar-refractivity contribution in [3.63, 3.8) is 0 Å². The van der Waals surface area contributed by atoms with Gasteiger partial charge in [0.05, 0.1) is 11.6 Å². The maximum absolute atomic E-state index is 13.3. The fraction of sp³-hybridized carbons (Fsp3) is 0.200. The van der Waals surface area contributed by atoms with Crippen molar-refractivity contribution in [1.82, 2.24) is 0 Å². The minimum Gasteiger partial charge on any atom is -0.488 e. The van der Waals surface area contributed by atoms with Gasteiger partial charge in [-0.1, -0.05) is 29.8 Å². The van der Waals surface area contributed by atoms with Crippen LogP contribution >= 0.6 is 11.6 Å². The van der Waals surface area contributed by atoms with Crippen LogP contribution in [0.1, 0.15) is 5.56 Å². The second-order valence-electron chi connectivity index (χ2n) is 4.56. The van der Waals surface area contributed by atoms with Crippen LogP contribution in [-0.2, 0) is 6.42 Å². The molecule has 98 valence electrons. The third kappa shape index (κ3) is 2.66. The van der Waals surface area contributed by atoms with Gasteiger partial charge in [0, 0.05) is 12.1 Å². The van der Waals surface area contributed by atoms with Gasteiger partial charge in [0.15, 0.2) is 0 Å². The van der Waals surface area contributed by atoms with E-state index < -0.39 is 5.82 Å². The average molecular weight is 278 g/mol. The van der Waals surface area contributed by atoms with Crippen LogP contribution in [0.25, 0.3) is 0 Å². The summed E-state index contributed by atoms with van der Waals surface area (Å²) in [6, 6.07) is 12.7. The molecule has 2 aromatic carbocycles. The van der Waals surface area contributed by atoms with Gasteiger partial charge in [-0.3, -0.25) is 0 Å². The van der Waals surface area contributed by atoms with Crippen molar-refractivity contribution in [2.24, 2.45) is 0 Å². The molecule has 0 fully saturated rings. The van der Waals surface area contributed by atoms with Gasteiger partial charge < -0.3 is 10.1 Å². The Labute approximate surface area is 116 Å². The van der Waals surface area contributed by atoms with Crippen molar-refractivity contribution in [2.75, 3.05) is 11.9 Å². The average Bonchev–Trinajstić information content (AvgIpc) is 2.83. The lowest BCUT2D eigenvalue weighted by molar-refractivity contribution is 0.246. The lowest BCUT2D eigenvalue weighted by Crippen LogP contribution is -2.23. The zero-order valence-electron chi connectivity index (χ0n) is 10.2. The van der Waals surface area contributed by atoms with E-state index in [1.54, 1.807) is 12.1 Å². The molecule has 0 saturated carbocycles. The fourth-order valence-electron chi connectivity index (χ4n) is 2.21.